The van der Waals surface area contributed by atoms with Gasteiger partial charge in [0.1, 0.15) is 11.4 Å². The van der Waals surface area contributed by atoms with Gasteiger partial charge in [-0.1, -0.05) is 30.0 Å². The van der Waals surface area contributed by atoms with Crippen molar-refractivity contribution in [1.29, 1.82) is 0 Å². The molecular weight excluding hydrogens is 660 g/mol. The molecule has 0 atom stereocenters. The average Bonchev–Trinajstić information content (AvgIpc) is 3.14. The molecule has 2 N–H and O–H groups in total. The lowest BCUT2D eigenvalue weighted by Crippen LogP contribution is -2.31. The van der Waals surface area contributed by atoms with Gasteiger partial charge in [-0.15, -0.1) is 0 Å². The van der Waals surface area contributed by atoms with Crippen LogP contribution in [0.5, 0.6) is 0 Å². The number of carboxylic acids is 2. The number of aromatic carboxylic acids is 2. The molecule has 0 saturated heterocycles. The third-order valence-electron chi connectivity index (χ3n) is 7.09. The van der Waals surface area contributed by atoms with Gasteiger partial charge in [-0.2, -0.15) is 0 Å². The molecule has 0 bridgehead atoms. The first kappa shape index (κ1) is 40.5. The third kappa shape index (κ3) is 15.7. The van der Waals surface area contributed by atoms with Crippen molar-refractivity contribution in [2.24, 2.45) is 0 Å². The number of allylic oxidation sites excluding steroid dienone is 1. The Balaban J connectivity index is 1.57. The highest BCUT2D eigenvalue weighted by Crippen LogP contribution is 2.17. The summed E-state index contributed by atoms with van der Waals surface area (Å²) in [5.74, 6) is 2.71. The van der Waals surface area contributed by atoms with E-state index in [1.165, 1.54) is 18.2 Å². The second kappa shape index (κ2) is 23.5. The molecule has 13 heteroatoms. The smallest absolute Gasteiger partial charge is 0.354 e. The van der Waals surface area contributed by atoms with E-state index in [1.54, 1.807) is 44.6 Å². The van der Waals surface area contributed by atoms with E-state index >= 15 is 0 Å². The minimum atomic E-state index is -1.36. The predicted octanol–water partition coefficient (Wildman–Crippen LogP) is 3.94. The van der Waals surface area contributed by atoms with Crippen molar-refractivity contribution in [3.63, 3.8) is 0 Å². The summed E-state index contributed by atoms with van der Waals surface area (Å²) >= 11 is 0. The van der Waals surface area contributed by atoms with Gasteiger partial charge in [-0.25, -0.2) is 14.6 Å². The van der Waals surface area contributed by atoms with Crippen LogP contribution in [0.25, 0.3) is 6.08 Å². The zero-order valence-electron chi connectivity index (χ0n) is 28.9. The normalized spacial score (nSPS) is 10.9. The molecule has 0 aliphatic carbocycles. The zero-order valence-corrected chi connectivity index (χ0v) is 28.9. The largest absolute Gasteiger partial charge is 0.477 e. The number of ether oxygens (including phenoxy) is 6. The first-order valence-corrected chi connectivity index (χ1v) is 16.3. The minimum absolute atomic E-state index is 0.192. The zero-order chi connectivity index (χ0) is 36.7. The van der Waals surface area contributed by atoms with E-state index in [-0.39, 0.29) is 11.3 Å². The molecule has 0 radical (unpaired) electrons. The molecule has 3 aromatic rings. The summed E-state index contributed by atoms with van der Waals surface area (Å²) in [5, 5.41) is 18.4. The second-order valence-electron chi connectivity index (χ2n) is 10.8. The first-order chi connectivity index (χ1) is 24.8. The monoisotopic (exact) mass is 704 g/mol. The van der Waals surface area contributed by atoms with E-state index in [2.05, 4.69) is 21.7 Å². The molecule has 0 amide bonds. The Morgan fingerprint density at radius 1 is 0.647 bits per heavy atom. The molecule has 3 rings (SSSR count). The van der Waals surface area contributed by atoms with Gasteiger partial charge >= 0.3 is 11.9 Å². The molecule has 0 aliphatic rings. The fourth-order valence-corrected chi connectivity index (χ4v) is 4.40. The molecule has 1 aromatic heterocycles. The number of ketones is 1. The van der Waals surface area contributed by atoms with Crippen LogP contribution in [0.15, 0.2) is 66.7 Å². The van der Waals surface area contributed by atoms with Gasteiger partial charge in [0.2, 0.25) is 0 Å². The Labute approximate surface area is 297 Å². The van der Waals surface area contributed by atoms with Gasteiger partial charge in [-0.3, -0.25) is 4.79 Å². The summed E-state index contributed by atoms with van der Waals surface area (Å²) in [6, 6.07) is 16.8. The molecule has 0 saturated carbocycles. The molecule has 0 fully saturated rings. The maximum atomic E-state index is 12.9. The van der Waals surface area contributed by atoms with Crippen molar-refractivity contribution in [3.05, 3.63) is 100 Å². The van der Waals surface area contributed by atoms with Crippen molar-refractivity contribution in [1.82, 2.24) is 4.98 Å². The molecule has 2 aromatic carbocycles. The molecule has 0 aliphatic heterocycles. The summed E-state index contributed by atoms with van der Waals surface area (Å²) in [6.07, 6.45) is 3.24. The Kier molecular flexibility index (Phi) is 18.6. The van der Waals surface area contributed by atoms with Crippen LogP contribution in [0.3, 0.4) is 0 Å². The standard InChI is InChI=1S/C38H44N2O11/c1-46-19-21-50-25-23-48-17-15-40(16-18-49-24-26-51-22-20-47-2)33-12-7-30(8-13-33)9-14-36(41)32-10-5-29(6-11-32)3-4-31-27-34(37(42)43)39-35(28-31)38(44)45/h5-14,27-28H,15-26H2,1-2H3,(H,42,43)(H,44,45)/b14-9+. The lowest BCUT2D eigenvalue weighted by molar-refractivity contribution is 0.0235. The molecule has 0 spiro atoms. The predicted molar refractivity (Wildman–Crippen MR) is 190 cm³/mol. The van der Waals surface area contributed by atoms with E-state index < -0.39 is 23.3 Å². The first-order valence-electron chi connectivity index (χ1n) is 16.3. The summed E-state index contributed by atoms with van der Waals surface area (Å²) in [4.78, 5) is 41.2. The highest BCUT2D eigenvalue weighted by Gasteiger charge is 2.13. The molecule has 0 unspecified atom stereocenters. The number of benzene rings is 2. The topological polar surface area (TPSA) is 163 Å². The van der Waals surface area contributed by atoms with E-state index in [0.717, 1.165) is 11.3 Å². The van der Waals surface area contributed by atoms with Crippen LogP contribution < -0.4 is 4.90 Å². The highest BCUT2D eigenvalue weighted by molar-refractivity contribution is 6.06. The number of anilines is 1. The van der Waals surface area contributed by atoms with Crippen LogP contribution >= 0.6 is 0 Å². The third-order valence-corrected chi connectivity index (χ3v) is 7.09. The summed E-state index contributed by atoms with van der Waals surface area (Å²) in [7, 11) is 3.26. The Morgan fingerprint density at radius 2 is 1.12 bits per heavy atom. The summed E-state index contributed by atoms with van der Waals surface area (Å²) in [6.45, 7) is 6.41. The van der Waals surface area contributed by atoms with Gasteiger partial charge in [0.25, 0.3) is 0 Å². The maximum Gasteiger partial charge on any atom is 0.354 e. The fraction of sp³-hybridized carbons (Fsp3) is 0.368. The van der Waals surface area contributed by atoms with E-state index in [0.29, 0.717) is 90.3 Å². The molecule has 13 nitrogen and oxygen atoms in total. The molecule has 1 heterocycles. The number of aromatic nitrogens is 1. The van der Waals surface area contributed by atoms with Crippen molar-refractivity contribution in [2.45, 2.75) is 0 Å². The number of hydrogen-bond acceptors (Lipinski definition) is 11. The van der Waals surface area contributed by atoms with Gasteiger partial charge in [0.15, 0.2) is 5.78 Å². The summed E-state index contributed by atoms with van der Waals surface area (Å²) < 4.78 is 32.4. The number of methoxy groups -OCH3 is 2. The number of carbonyl (C=O) groups excluding carboxylic acids is 1. The van der Waals surface area contributed by atoms with E-state index in [9.17, 15) is 24.6 Å². The van der Waals surface area contributed by atoms with E-state index in [1.807, 2.05) is 24.3 Å². The Hall–Kier alpha value is -4.94. The van der Waals surface area contributed by atoms with Crippen LogP contribution in [-0.2, 0) is 28.4 Å². The van der Waals surface area contributed by atoms with Gasteiger partial charge < -0.3 is 43.5 Å². The summed E-state index contributed by atoms with van der Waals surface area (Å²) in [5.41, 5.74) is 2.21. The van der Waals surface area contributed by atoms with Crippen molar-refractivity contribution in [2.75, 3.05) is 98.3 Å². The van der Waals surface area contributed by atoms with Crippen LogP contribution in [0, 0.1) is 11.8 Å². The second-order valence-corrected chi connectivity index (χ2v) is 10.8. The van der Waals surface area contributed by atoms with Gasteiger partial charge in [0, 0.05) is 49.7 Å². The van der Waals surface area contributed by atoms with Crippen molar-refractivity contribution < 1.29 is 53.0 Å². The number of hydrogen-bond donors (Lipinski definition) is 2. The van der Waals surface area contributed by atoms with Crippen LogP contribution in [0.1, 0.15) is 48.0 Å². The molecular formula is C38H44N2O11. The number of carboxylic acid groups (broad SMARTS) is 2. The van der Waals surface area contributed by atoms with Gasteiger partial charge in [0.05, 0.1) is 66.1 Å². The Morgan fingerprint density at radius 3 is 1.61 bits per heavy atom. The maximum absolute atomic E-state index is 12.9. The molecule has 272 valence electrons. The van der Waals surface area contributed by atoms with Crippen LogP contribution in [0.2, 0.25) is 0 Å². The number of carbonyl (C=O) groups is 3. The lowest BCUT2D eigenvalue weighted by atomic mass is 10.1. The van der Waals surface area contributed by atoms with Crippen LogP contribution in [0.4, 0.5) is 5.69 Å². The molecule has 51 heavy (non-hydrogen) atoms. The highest BCUT2D eigenvalue weighted by atomic mass is 16.5. The van der Waals surface area contributed by atoms with E-state index in [4.69, 9.17) is 28.4 Å². The van der Waals surface area contributed by atoms with Crippen molar-refractivity contribution in [3.8, 4) is 11.8 Å². The van der Waals surface area contributed by atoms with Crippen LogP contribution in [-0.4, -0.2) is 126 Å². The number of nitrogens with zero attached hydrogens (tertiary/aromatic N) is 2. The Bertz CT molecular complexity index is 1560. The van der Waals surface area contributed by atoms with Gasteiger partial charge in [-0.05, 0) is 60.2 Å². The quantitative estimate of drug-likeness (QED) is 0.0597. The van der Waals surface area contributed by atoms with Crippen molar-refractivity contribution >= 4 is 29.5 Å². The fourth-order valence-electron chi connectivity index (χ4n) is 4.40. The number of rotatable bonds is 24. The lowest BCUT2D eigenvalue weighted by Gasteiger charge is -2.25. The number of pyridine rings is 1. The minimum Gasteiger partial charge on any atom is -0.477 e. The average molecular weight is 705 g/mol. The SMILES string of the molecule is COCCOCCOCCN(CCOCCOCCOC)c1ccc(/C=C/C(=O)c2ccc(C#Cc3cc(C(=O)O)nc(C(=O)O)c3)cc2)cc1.